The molecule has 0 aliphatic carbocycles. The lowest BCUT2D eigenvalue weighted by molar-refractivity contribution is 0.335. The number of benzene rings is 2. The molecule has 0 radical (unpaired) electrons. The summed E-state index contributed by atoms with van der Waals surface area (Å²) in [5, 5.41) is 0. The first kappa shape index (κ1) is 21.7. The second-order valence-electron chi connectivity index (χ2n) is 5.43. The molecule has 0 saturated heterocycles. The van der Waals surface area contributed by atoms with Gasteiger partial charge in [0.1, 0.15) is 5.75 Å². The molecule has 0 aliphatic rings. The third kappa shape index (κ3) is 5.47. The number of nitrogens with one attached hydrogen (secondary N) is 1. The molecule has 0 fully saturated rings. The molecule has 0 heterocycles. The van der Waals surface area contributed by atoms with Crippen molar-refractivity contribution in [3.8, 4) is 16.9 Å². The minimum absolute atomic E-state index is 0.410. The molecule has 0 atom stereocenters. The predicted molar refractivity (Wildman–Crippen MR) is 96.6 cm³/mol. The van der Waals surface area contributed by atoms with Gasteiger partial charge in [-0.15, -0.1) is 0 Å². The van der Waals surface area contributed by atoms with Crippen LogP contribution in [-0.4, -0.2) is 40.6 Å². The molecule has 0 spiro atoms. The van der Waals surface area contributed by atoms with Gasteiger partial charge < -0.3 is 24.3 Å². The standard InChI is InChI=1S/C14H17NO9P2S/c1-24-12-6-2-10(3-7-12)11-4-8-13(9-5-11)27(22,23)15-14(25(16,17)18)26(19,20)21/h2-9,14-15H,1H3,(H2,16,17,18)(H2,19,20,21). The zero-order chi connectivity index (χ0) is 20.5. The molecule has 27 heavy (non-hydrogen) atoms. The normalized spacial score (nSPS) is 13.0. The Morgan fingerprint density at radius 3 is 1.63 bits per heavy atom. The largest absolute Gasteiger partial charge is 0.497 e. The zero-order valence-corrected chi connectivity index (χ0v) is 16.4. The predicted octanol–water partition coefficient (Wildman–Crippen LogP) is 1.28. The number of methoxy groups -OCH3 is 1. The van der Waals surface area contributed by atoms with Gasteiger partial charge in [-0.1, -0.05) is 24.3 Å². The molecular weight excluding hydrogens is 420 g/mol. The Labute approximate surface area is 155 Å². The number of sulfonamides is 1. The monoisotopic (exact) mass is 437 g/mol. The summed E-state index contributed by atoms with van der Waals surface area (Å²) >= 11 is 0. The summed E-state index contributed by atoms with van der Waals surface area (Å²) in [5.74, 6) is 0.642. The highest BCUT2D eigenvalue weighted by Gasteiger charge is 2.46. The van der Waals surface area contributed by atoms with Crippen molar-refractivity contribution in [3.05, 3.63) is 48.5 Å². The van der Waals surface area contributed by atoms with Crippen LogP contribution in [0.2, 0.25) is 0 Å². The summed E-state index contributed by atoms with van der Waals surface area (Å²) in [4.78, 5) is 35.8. The summed E-state index contributed by atoms with van der Waals surface area (Å²) in [6, 6.07) is 12.1. The van der Waals surface area contributed by atoms with Crippen LogP contribution < -0.4 is 9.46 Å². The molecule has 13 heteroatoms. The average molecular weight is 437 g/mol. The van der Waals surface area contributed by atoms with Crippen molar-refractivity contribution in [3.63, 3.8) is 0 Å². The van der Waals surface area contributed by atoms with Gasteiger partial charge in [0, 0.05) is 0 Å². The number of rotatable bonds is 7. The Bertz CT molecular complexity index is 972. The first-order valence-electron chi connectivity index (χ1n) is 7.22. The fourth-order valence-corrected chi connectivity index (χ4v) is 6.56. The van der Waals surface area contributed by atoms with E-state index in [2.05, 4.69) is 0 Å². The van der Waals surface area contributed by atoms with E-state index in [-0.39, 0.29) is 0 Å². The molecule has 0 saturated carbocycles. The molecule has 0 aromatic heterocycles. The highest BCUT2D eigenvalue weighted by Crippen LogP contribution is 2.58. The van der Waals surface area contributed by atoms with Crippen molar-refractivity contribution in [2.75, 3.05) is 7.11 Å². The Morgan fingerprint density at radius 2 is 1.26 bits per heavy atom. The van der Waals surface area contributed by atoms with Crippen molar-refractivity contribution >= 4 is 25.2 Å². The van der Waals surface area contributed by atoms with E-state index in [4.69, 9.17) is 24.3 Å². The topological polar surface area (TPSA) is 170 Å². The fraction of sp³-hybridized carbons (Fsp3) is 0.143. The van der Waals surface area contributed by atoms with Gasteiger partial charge in [0.2, 0.25) is 15.5 Å². The van der Waals surface area contributed by atoms with Gasteiger partial charge in [-0.3, -0.25) is 9.13 Å². The number of hydrogen-bond donors (Lipinski definition) is 5. The molecule has 0 bridgehead atoms. The highest BCUT2D eigenvalue weighted by atomic mass is 32.2. The minimum atomic E-state index is -5.44. The first-order valence-corrected chi connectivity index (χ1v) is 12.1. The summed E-state index contributed by atoms with van der Waals surface area (Å²) in [7, 11) is -14.0. The molecule has 0 amide bonds. The van der Waals surface area contributed by atoms with Gasteiger partial charge in [-0.2, -0.15) is 4.72 Å². The molecule has 10 nitrogen and oxygen atoms in total. The van der Waals surface area contributed by atoms with Gasteiger partial charge in [-0.05, 0) is 35.4 Å². The molecule has 2 aromatic rings. The third-order valence-electron chi connectivity index (χ3n) is 3.49. The smallest absolute Gasteiger partial charge is 0.355 e. The van der Waals surface area contributed by atoms with Crippen LogP contribution in [0.25, 0.3) is 11.1 Å². The van der Waals surface area contributed by atoms with Crippen molar-refractivity contribution in [1.29, 1.82) is 0 Å². The number of ether oxygens (including phenoxy) is 1. The molecular formula is C14H17NO9P2S. The zero-order valence-electron chi connectivity index (χ0n) is 13.8. The van der Waals surface area contributed by atoms with Crippen molar-refractivity contribution < 1.29 is 41.9 Å². The molecule has 2 aromatic carbocycles. The van der Waals surface area contributed by atoms with Crippen molar-refractivity contribution in [1.82, 2.24) is 4.72 Å². The lowest BCUT2D eigenvalue weighted by Crippen LogP contribution is -2.34. The quantitative estimate of drug-likeness (QED) is 0.400. The van der Waals surface area contributed by atoms with Crippen LogP contribution >= 0.6 is 15.2 Å². The lowest BCUT2D eigenvalue weighted by atomic mass is 10.1. The van der Waals surface area contributed by atoms with E-state index >= 15 is 0 Å². The summed E-state index contributed by atoms with van der Waals surface area (Å²) in [6.45, 7) is 0. The van der Waals surface area contributed by atoms with E-state index in [9.17, 15) is 17.5 Å². The van der Waals surface area contributed by atoms with E-state index in [1.807, 2.05) is 0 Å². The van der Waals surface area contributed by atoms with Crippen LogP contribution in [-0.2, 0) is 19.2 Å². The van der Waals surface area contributed by atoms with E-state index in [1.165, 1.54) is 24.0 Å². The second kappa shape index (κ2) is 7.83. The Morgan fingerprint density at radius 1 is 0.852 bits per heavy atom. The van der Waals surface area contributed by atoms with Crippen molar-refractivity contribution in [2.24, 2.45) is 0 Å². The van der Waals surface area contributed by atoms with E-state index in [0.29, 0.717) is 11.3 Å². The van der Waals surface area contributed by atoms with E-state index in [1.54, 1.807) is 24.3 Å². The molecule has 148 valence electrons. The van der Waals surface area contributed by atoms with Gasteiger partial charge >= 0.3 is 15.2 Å². The van der Waals surface area contributed by atoms with Crippen LogP contribution in [0.3, 0.4) is 0 Å². The fourth-order valence-electron chi connectivity index (χ4n) is 2.15. The molecule has 0 aliphatic heterocycles. The summed E-state index contributed by atoms with van der Waals surface area (Å²) in [6.07, 6.45) is 0. The van der Waals surface area contributed by atoms with Gasteiger partial charge in [-0.25, -0.2) is 8.42 Å². The Balaban J connectivity index is 2.31. The van der Waals surface area contributed by atoms with Gasteiger partial charge in [0.15, 0.2) is 0 Å². The highest BCUT2D eigenvalue weighted by molar-refractivity contribution is 7.90. The maximum atomic E-state index is 12.3. The molecule has 2 rings (SSSR count). The van der Waals surface area contributed by atoms with Gasteiger partial charge in [0.25, 0.3) is 0 Å². The van der Waals surface area contributed by atoms with Crippen LogP contribution in [0.15, 0.2) is 53.4 Å². The Kier molecular flexibility index (Phi) is 6.30. The molecule has 0 unspecified atom stereocenters. The Hall–Kier alpha value is -1.55. The summed E-state index contributed by atoms with van der Waals surface area (Å²) in [5.41, 5.74) is -1.45. The maximum Gasteiger partial charge on any atom is 0.355 e. The third-order valence-corrected chi connectivity index (χ3v) is 8.61. The van der Waals surface area contributed by atoms with Crippen LogP contribution in [0.4, 0.5) is 0 Å². The average Bonchev–Trinajstić information content (AvgIpc) is 2.58. The van der Waals surface area contributed by atoms with E-state index < -0.39 is 35.6 Å². The van der Waals surface area contributed by atoms with Gasteiger partial charge in [0.05, 0.1) is 12.0 Å². The summed E-state index contributed by atoms with van der Waals surface area (Å²) < 4.78 is 53.4. The minimum Gasteiger partial charge on any atom is -0.497 e. The first-order chi connectivity index (χ1) is 12.3. The lowest BCUT2D eigenvalue weighted by Gasteiger charge is -2.20. The van der Waals surface area contributed by atoms with Crippen LogP contribution in [0.1, 0.15) is 0 Å². The van der Waals surface area contributed by atoms with Crippen molar-refractivity contribution in [2.45, 2.75) is 10.4 Å². The molecule has 5 N–H and O–H groups in total. The SMILES string of the molecule is COc1ccc(-c2ccc(S(=O)(=O)NC(P(=O)(O)O)P(=O)(O)O)cc2)cc1. The van der Waals surface area contributed by atoms with Crippen LogP contribution in [0.5, 0.6) is 5.75 Å². The maximum absolute atomic E-state index is 12.3. The van der Waals surface area contributed by atoms with E-state index in [0.717, 1.165) is 17.7 Å². The van der Waals surface area contributed by atoms with Crippen LogP contribution in [0, 0.1) is 0 Å². The number of hydrogen-bond acceptors (Lipinski definition) is 5. The second-order valence-corrected chi connectivity index (χ2v) is 10.9.